The Labute approximate surface area is 210 Å². The summed E-state index contributed by atoms with van der Waals surface area (Å²) >= 11 is 6.03. The van der Waals surface area contributed by atoms with Crippen LogP contribution in [0.5, 0.6) is 0 Å². The van der Waals surface area contributed by atoms with E-state index in [1.807, 2.05) is 4.90 Å². The Morgan fingerprint density at radius 2 is 1.75 bits per heavy atom. The molecule has 0 spiro atoms. The molecule has 1 N–H and O–H groups in total. The fraction of sp³-hybridized carbons (Fsp3) is 0.360. The van der Waals surface area contributed by atoms with Gasteiger partial charge in [0.05, 0.1) is 11.3 Å². The Balaban J connectivity index is 1.73. The number of rotatable bonds is 5. The average molecular weight is 520 g/mol. The maximum absolute atomic E-state index is 13.2. The minimum atomic E-state index is -4.50. The van der Waals surface area contributed by atoms with Crippen LogP contribution in [-0.2, 0) is 11.0 Å². The molecule has 7 nitrogen and oxygen atoms in total. The molecule has 0 aliphatic carbocycles. The van der Waals surface area contributed by atoms with Crippen molar-refractivity contribution in [3.63, 3.8) is 0 Å². The van der Waals surface area contributed by atoms with Crippen molar-refractivity contribution < 1.29 is 18.0 Å². The van der Waals surface area contributed by atoms with E-state index in [9.17, 15) is 22.8 Å². The van der Waals surface area contributed by atoms with Gasteiger partial charge in [0.25, 0.3) is 0 Å². The lowest BCUT2D eigenvalue weighted by atomic mass is 10.1. The van der Waals surface area contributed by atoms with Crippen LogP contribution in [0, 0.1) is 0 Å². The number of aromatic nitrogens is 3. The number of nitrogens with one attached hydrogen (secondary N) is 1. The third-order valence-corrected chi connectivity index (χ3v) is 6.31. The highest BCUT2D eigenvalue weighted by atomic mass is 35.5. The van der Waals surface area contributed by atoms with Crippen LogP contribution in [0.15, 0.2) is 53.3 Å². The summed E-state index contributed by atoms with van der Waals surface area (Å²) in [7, 11) is 0. The molecule has 1 aromatic heterocycles. The quantitative estimate of drug-likeness (QED) is 0.521. The monoisotopic (exact) mass is 519 g/mol. The standard InChI is InChI=1S/C25H25ClF3N5O2/c1-2-21(35)30-19-4-3-14-33(15-13-19)23-31-22(16-5-9-18(26)10-6-16)34(24(36)32-23)20-11-7-17(8-12-20)25(27,28)29/h5-12,19H,2-4,13-15H2,1H3,(H,30,35). The first-order valence-corrected chi connectivity index (χ1v) is 12.0. The van der Waals surface area contributed by atoms with Gasteiger partial charge in [-0.15, -0.1) is 0 Å². The van der Waals surface area contributed by atoms with Gasteiger partial charge in [0.2, 0.25) is 11.9 Å². The van der Waals surface area contributed by atoms with E-state index in [4.69, 9.17) is 11.6 Å². The van der Waals surface area contributed by atoms with Crippen molar-refractivity contribution in [1.29, 1.82) is 0 Å². The molecule has 3 aromatic rings. The molecule has 1 atom stereocenters. The SMILES string of the molecule is CCC(=O)NC1CCCN(c2nc(-c3ccc(Cl)cc3)n(-c3ccc(C(F)(F)F)cc3)c(=O)n2)CC1. The number of alkyl halides is 3. The van der Waals surface area contributed by atoms with Gasteiger partial charge in [0.15, 0.2) is 5.82 Å². The van der Waals surface area contributed by atoms with Crippen molar-refractivity contribution in [2.45, 2.75) is 44.8 Å². The summed E-state index contributed by atoms with van der Waals surface area (Å²) in [6.07, 6.45) is -1.83. The number of carbonyl (C=O) groups is 1. The van der Waals surface area contributed by atoms with Crippen LogP contribution in [0.25, 0.3) is 17.1 Å². The molecule has 36 heavy (non-hydrogen) atoms. The maximum atomic E-state index is 13.2. The Morgan fingerprint density at radius 3 is 2.39 bits per heavy atom. The molecule has 0 radical (unpaired) electrons. The van der Waals surface area contributed by atoms with E-state index in [0.29, 0.717) is 36.5 Å². The van der Waals surface area contributed by atoms with Crippen molar-refractivity contribution in [3.8, 4) is 17.1 Å². The molecule has 2 aromatic carbocycles. The second-order valence-corrected chi connectivity index (χ2v) is 8.99. The highest BCUT2D eigenvalue weighted by Gasteiger charge is 2.30. The van der Waals surface area contributed by atoms with Gasteiger partial charge >= 0.3 is 11.9 Å². The van der Waals surface area contributed by atoms with Crippen LogP contribution in [0.1, 0.15) is 38.2 Å². The van der Waals surface area contributed by atoms with E-state index in [1.165, 1.54) is 16.7 Å². The summed E-state index contributed by atoms with van der Waals surface area (Å²) in [5.74, 6) is 0.464. The molecule has 1 fully saturated rings. The summed E-state index contributed by atoms with van der Waals surface area (Å²) in [6, 6.07) is 11.0. The van der Waals surface area contributed by atoms with Gasteiger partial charge in [-0.05, 0) is 67.8 Å². The third kappa shape index (κ3) is 5.87. The number of nitrogens with zero attached hydrogens (tertiary/aromatic N) is 4. The molecule has 190 valence electrons. The topological polar surface area (TPSA) is 80.1 Å². The molecule has 1 aliphatic heterocycles. The van der Waals surface area contributed by atoms with Crippen LogP contribution < -0.4 is 15.9 Å². The molecule has 1 unspecified atom stereocenters. The molecule has 4 rings (SSSR count). The summed E-state index contributed by atoms with van der Waals surface area (Å²) in [6.45, 7) is 2.94. The second-order valence-electron chi connectivity index (χ2n) is 8.55. The Bertz CT molecular complexity index is 1280. The molecule has 1 amide bonds. The lowest BCUT2D eigenvalue weighted by molar-refractivity contribution is -0.137. The summed E-state index contributed by atoms with van der Waals surface area (Å²) < 4.78 is 40.4. The minimum absolute atomic E-state index is 0.00568. The van der Waals surface area contributed by atoms with Crippen molar-refractivity contribution in [3.05, 3.63) is 69.6 Å². The van der Waals surface area contributed by atoms with Crippen molar-refractivity contribution in [2.24, 2.45) is 0 Å². The van der Waals surface area contributed by atoms with Crippen LogP contribution in [0.2, 0.25) is 5.02 Å². The van der Waals surface area contributed by atoms with Gasteiger partial charge in [0, 0.05) is 36.1 Å². The van der Waals surface area contributed by atoms with Crippen LogP contribution in [0.4, 0.5) is 19.1 Å². The van der Waals surface area contributed by atoms with Crippen molar-refractivity contribution in [1.82, 2.24) is 19.9 Å². The van der Waals surface area contributed by atoms with E-state index in [-0.39, 0.29) is 29.4 Å². The molecule has 1 aliphatic rings. The van der Waals surface area contributed by atoms with Gasteiger partial charge in [-0.2, -0.15) is 23.1 Å². The first-order chi connectivity index (χ1) is 17.2. The zero-order chi connectivity index (χ0) is 25.9. The zero-order valence-electron chi connectivity index (χ0n) is 19.6. The van der Waals surface area contributed by atoms with E-state index in [2.05, 4.69) is 15.3 Å². The highest BCUT2D eigenvalue weighted by molar-refractivity contribution is 6.30. The fourth-order valence-corrected chi connectivity index (χ4v) is 4.26. The maximum Gasteiger partial charge on any atom is 0.416 e. The smallest absolute Gasteiger partial charge is 0.353 e. The molecule has 1 saturated heterocycles. The predicted octanol–water partition coefficient (Wildman–Crippen LogP) is 4.85. The summed E-state index contributed by atoms with van der Waals surface area (Å²) in [4.78, 5) is 35.8. The summed E-state index contributed by atoms with van der Waals surface area (Å²) in [5.41, 5.74) is -0.713. The lowest BCUT2D eigenvalue weighted by Gasteiger charge is -2.22. The molecule has 2 heterocycles. The van der Waals surface area contributed by atoms with Crippen LogP contribution in [-0.4, -0.2) is 39.6 Å². The number of anilines is 1. The fourth-order valence-electron chi connectivity index (χ4n) is 4.13. The first kappa shape index (κ1) is 25.7. The Hall–Kier alpha value is -3.40. The van der Waals surface area contributed by atoms with Crippen molar-refractivity contribution in [2.75, 3.05) is 18.0 Å². The Kier molecular flexibility index (Phi) is 7.63. The Morgan fingerprint density at radius 1 is 1.06 bits per heavy atom. The van der Waals surface area contributed by atoms with E-state index < -0.39 is 17.4 Å². The molecular weight excluding hydrogens is 495 g/mol. The van der Waals surface area contributed by atoms with Gasteiger partial charge in [-0.1, -0.05) is 18.5 Å². The predicted molar refractivity (Wildman–Crippen MR) is 131 cm³/mol. The van der Waals surface area contributed by atoms with E-state index in [0.717, 1.165) is 25.0 Å². The van der Waals surface area contributed by atoms with Gasteiger partial charge < -0.3 is 10.2 Å². The normalized spacial score (nSPS) is 16.5. The number of halogens is 4. The van der Waals surface area contributed by atoms with E-state index in [1.54, 1.807) is 31.2 Å². The van der Waals surface area contributed by atoms with Gasteiger partial charge in [-0.3, -0.25) is 4.79 Å². The van der Waals surface area contributed by atoms with Gasteiger partial charge in [-0.25, -0.2) is 9.36 Å². The minimum Gasteiger partial charge on any atom is -0.353 e. The van der Waals surface area contributed by atoms with E-state index >= 15 is 0 Å². The molecule has 11 heteroatoms. The number of carbonyl (C=O) groups excluding carboxylic acids is 1. The third-order valence-electron chi connectivity index (χ3n) is 6.06. The van der Waals surface area contributed by atoms with Crippen LogP contribution >= 0.6 is 11.6 Å². The number of hydrogen-bond acceptors (Lipinski definition) is 5. The molecule has 0 bridgehead atoms. The average Bonchev–Trinajstić information content (AvgIpc) is 3.09. The van der Waals surface area contributed by atoms with Gasteiger partial charge in [0.1, 0.15) is 0 Å². The first-order valence-electron chi connectivity index (χ1n) is 11.6. The van der Waals surface area contributed by atoms with Crippen molar-refractivity contribution >= 4 is 23.5 Å². The molecular formula is C25H25ClF3N5O2. The largest absolute Gasteiger partial charge is 0.416 e. The van der Waals surface area contributed by atoms with Crippen LogP contribution in [0.3, 0.4) is 0 Å². The second kappa shape index (κ2) is 10.7. The summed E-state index contributed by atoms with van der Waals surface area (Å²) in [5, 5.41) is 3.51. The lowest BCUT2D eigenvalue weighted by Crippen LogP contribution is -2.36. The number of hydrogen-bond donors (Lipinski definition) is 1. The number of amides is 1. The zero-order valence-corrected chi connectivity index (χ0v) is 20.3. The molecule has 0 saturated carbocycles. The number of benzene rings is 2. The highest BCUT2D eigenvalue weighted by Crippen LogP contribution is 2.30.